The van der Waals surface area contributed by atoms with Gasteiger partial charge < -0.3 is 14.2 Å². The molecule has 0 unspecified atom stereocenters. The van der Waals surface area contributed by atoms with Gasteiger partial charge in [-0.05, 0) is 30.4 Å². The van der Waals surface area contributed by atoms with Crippen molar-refractivity contribution in [3.05, 3.63) is 62.5 Å². The number of carbonyl (C=O) groups is 1. The molecule has 1 saturated heterocycles. The van der Waals surface area contributed by atoms with Gasteiger partial charge in [0, 0.05) is 36.6 Å². The zero-order chi connectivity index (χ0) is 21.5. The molecule has 0 saturated carbocycles. The average Bonchev–Trinajstić information content (AvgIpc) is 3.43. The van der Waals surface area contributed by atoms with Gasteiger partial charge in [0.15, 0.2) is 5.16 Å². The number of aromatic nitrogens is 3. The molecule has 2 aliphatic rings. The number of hydrogen-bond donors (Lipinski definition) is 0. The monoisotopic (exact) mass is 452 g/mol. The third-order valence-electron chi connectivity index (χ3n) is 5.52. The Labute approximate surface area is 187 Å². The minimum Gasteiger partial charge on any atom is -0.480 e. The second-order valence-corrected chi connectivity index (χ2v) is 9.13. The molecule has 158 valence electrons. The van der Waals surface area contributed by atoms with E-state index in [1.54, 1.807) is 36.2 Å². The summed E-state index contributed by atoms with van der Waals surface area (Å²) in [6, 6.07) is 5.75. The molecule has 5 rings (SSSR count). The molecule has 1 amide bonds. The van der Waals surface area contributed by atoms with Crippen LogP contribution in [0.15, 0.2) is 45.6 Å². The predicted octanol–water partition coefficient (Wildman–Crippen LogP) is 3.27. The molecule has 0 aliphatic carbocycles. The SMILES string of the molecule is COc1nc(SC)ncc1/C=C1/SCCN1C(=O)c1cn2c3c(cccc3c1=O)CC2. The lowest BCUT2D eigenvalue weighted by Crippen LogP contribution is -2.31. The number of hydrogen-bond acceptors (Lipinski definition) is 7. The van der Waals surface area contributed by atoms with Gasteiger partial charge in [0.25, 0.3) is 5.91 Å². The molecule has 7 nitrogen and oxygen atoms in total. The zero-order valence-corrected chi connectivity index (χ0v) is 18.8. The van der Waals surface area contributed by atoms with E-state index < -0.39 is 0 Å². The number of nitrogens with zero attached hydrogens (tertiary/aromatic N) is 4. The third kappa shape index (κ3) is 3.41. The van der Waals surface area contributed by atoms with Gasteiger partial charge in [-0.2, -0.15) is 4.98 Å². The van der Waals surface area contributed by atoms with Crippen LogP contribution >= 0.6 is 23.5 Å². The summed E-state index contributed by atoms with van der Waals surface area (Å²) in [6.45, 7) is 1.32. The maximum Gasteiger partial charge on any atom is 0.264 e. The number of benzene rings is 1. The van der Waals surface area contributed by atoms with Crippen molar-refractivity contribution in [2.75, 3.05) is 25.7 Å². The molecule has 0 bridgehead atoms. The van der Waals surface area contributed by atoms with E-state index in [2.05, 4.69) is 9.97 Å². The molecule has 0 N–H and O–H groups in total. The van der Waals surface area contributed by atoms with E-state index >= 15 is 0 Å². The Kier molecular flexibility index (Phi) is 5.23. The normalized spacial score (nSPS) is 16.5. The smallest absolute Gasteiger partial charge is 0.264 e. The van der Waals surface area contributed by atoms with Crippen molar-refractivity contribution in [2.45, 2.75) is 18.1 Å². The molecule has 2 aromatic heterocycles. The summed E-state index contributed by atoms with van der Waals surface area (Å²) in [5.74, 6) is 0.943. The van der Waals surface area contributed by atoms with Crippen LogP contribution < -0.4 is 10.2 Å². The van der Waals surface area contributed by atoms with Crippen molar-refractivity contribution in [2.24, 2.45) is 0 Å². The summed E-state index contributed by atoms with van der Waals surface area (Å²) in [5, 5.41) is 1.99. The fourth-order valence-corrected chi connectivity index (χ4v) is 5.42. The van der Waals surface area contributed by atoms with Gasteiger partial charge in [-0.25, -0.2) is 4.98 Å². The van der Waals surface area contributed by atoms with Crippen LogP contribution in [0.25, 0.3) is 17.0 Å². The number of methoxy groups -OCH3 is 1. The molecule has 9 heteroatoms. The lowest BCUT2D eigenvalue weighted by Gasteiger charge is -2.18. The summed E-state index contributed by atoms with van der Waals surface area (Å²) in [4.78, 5) is 37.0. The first-order valence-electron chi connectivity index (χ1n) is 9.87. The summed E-state index contributed by atoms with van der Waals surface area (Å²) in [5.41, 5.74) is 2.81. The van der Waals surface area contributed by atoms with Crippen LogP contribution in [-0.2, 0) is 13.0 Å². The molecule has 1 aromatic carbocycles. The lowest BCUT2D eigenvalue weighted by atomic mass is 10.1. The minimum absolute atomic E-state index is 0.207. The topological polar surface area (TPSA) is 77.3 Å². The Morgan fingerprint density at radius 2 is 2.19 bits per heavy atom. The maximum absolute atomic E-state index is 13.4. The van der Waals surface area contributed by atoms with Crippen LogP contribution in [0, 0.1) is 0 Å². The highest BCUT2D eigenvalue weighted by Crippen LogP contribution is 2.33. The molecule has 31 heavy (non-hydrogen) atoms. The minimum atomic E-state index is -0.273. The third-order valence-corrected chi connectivity index (χ3v) is 7.11. The van der Waals surface area contributed by atoms with Crippen LogP contribution in [0.3, 0.4) is 0 Å². The highest BCUT2D eigenvalue weighted by molar-refractivity contribution is 8.03. The second kappa shape index (κ2) is 8.05. The Balaban J connectivity index is 1.54. The van der Waals surface area contributed by atoms with Gasteiger partial charge in [-0.3, -0.25) is 9.59 Å². The largest absolute Gasteiger partial charge is 0.480 e. The van der Waals surface area contributed by atoms with Crippen LogP contribution in [0.1, 0.15) is 21.5 Å². The van der Waals surface area contributed by atoms with Crippen molar-refractivity contribution in [1.29, 1.82) is 0 Å². The fraction of sp³-hybridized carbons (Fsp3) is 0.273. The summed E-state index contributed by atoms with van der Waals surface area (Å²) < 4.78 is 7.44. The second-order valence-electron chi connectivity index (χ2n) is 7.24. The lowest BCUT2D eigenvalue weighted by molar-refractivity contribution is 0.0829. The van der Waals surface area contributed by atoms with Gasteiger partial charge in [-0.1, -0.05) is 23.9 Å². The highest BCUT2D eigenvalue weighted by Gasteiger charge is 2.29. The van der Waals surface area contributed by atoms with E-state index in [4.69, 9.17) is 4.74 Å². The number of thioether (sulfide) groups is 2. The van der Waals surface area contributed by atoms with E-state index in [-0.39, 0.29) is 16.9 Å². The molecule has 0 radical (unpaired) electrons. The first-order chi connectivity index (χ1) is 15.1. The summed E-state index contributed by atoms with van der Waals surface area (Å²) in [6.07, 6.45) is 8.05. The standard InChI is InChI=1S/C22H20N4O3S2/c1-29-20-14(11-23-22(24-20)30-2)10-17-26(8-9-31-17)21(28)16-12-25-7-6-13-4-3-5-15(18(13)25)19(16)27/h3-5,10-12H,6-9H2,1-2H3/b17-10+. The van der Waals surface area contributed by atoms with Crippen molar-refractivity contribution in [3.63, 3.8) is 0 Å². The highest BCUT2D eigenvalue weighted by atomic mass is 32.2. The number of aryl methyl sites for hydroxylation is 2. The van der Waals surface area contributed by atoms with Gasteiger partial charge in [-0.15, -0.1) is 11.8 Å². The molecule has 2 aliphatic heterocycles. The average molecular weight is 453 g/mol. The van der Waals surface area contributed by atoms with Crippen LogP contribution in [-0.4, -0.2) is 51.0 Å². The molecule has 4 heterocycles. The first-order valence-corrected chi connectivity index (χ1v) is 12.1. The number of ether oxygens (including phenoxy) is 1. The van der Waals surface area contributed by atoms with Gasteiger partial charge >= 0.3 is 0 Å². The van der Waals surface area contributed by atoms with Crippen molar-refractivity contribution in [3.8, 4) is 5.88 Å². The Morgan fingerprint density at radius 1 is 1.32 bits per heavy atom. The van der Waals surface area contributed by atoms with E-state index in [0.29, 0.717) is 28.5 Å². The van der Waals surface area contributed by atoms with Crippen LogP contribution in [0.2, 0.25) is 0 Å². The fourth-order valence-electron chi connectivity index (χ4n) is 4.06. The molecule has 1 fully saturated rings. The molecule has 0 spiro atoms. The molecule has 3 aromatic rings. The first kappa shape index (κ1) is 20.1. The van der Waals surface area contributed by atoms with E-state index in [1.807, 2.05) is 35.1 Å². The van der Waals surface area contributed by atoms with Crippen molar-refractivity contribution in [1.82, 2.24) is 19.4 Å². The molecular formula is C22H20N4O3S2. The van der Waals surface area contributed by atoms with E-state index in [1.165, 1.54) is 11.8 Å². The van der Waals surface area contributed by atoms with Crippen molar-refractivity contribution < 1.29 is 9.53 Å². The zero-order valence-electron chi connectivity index (χ0n) is 17.1. The van der Waals surface area contributed by atoms with Gasteiger partial charge in [0.2, 0.25) is 11.3 Å². The maximum atomic E-state index is 13.4. The number of pyridine rings is 1. The summed E-state index contributed by atoms with van der Waals surface area (Å²) in [7, 11) is 1.56. The number of rotatable bonds is 4. The predicted molar refractivity (Wildman–Crippen MR) is 124 cm³/mol. The molecule has 0 atom stereocenters. The molecular weight excluding hydrogens is 432 g/mol. The van der Waals surface area contributed by atoms with E-state index in [0.717, 1.165) is 34.8 Å². The van der Waals surface area contributed by atoms with Crippen molar-refractivity contribution >= 4 is 46.4 Å². The number of para-hydroxylation sites is 1. The van der Waals surface area contributed by atoms with Crippen LogP contribution in [0.5, 0.6) is 5.88 Å². The van der Waals surface area contributed by atoms with Gasteiger partial charge in [0.1, 0.15) is 5.56 Å². The Hall–Kier alpha value is -2.78. The summed E-state index contributed by atoms with van der Waals surface area (Å²) >= 11 is 3.00. The van der Waals surface area contributed by atoms with Crippen LogP contribution in [0.4, 0.5) is 0 Å². The van der Waals surface area contributed by atoms with E-state index in [9.17, 15) is 9.59 Å². The quantitative estimate of drug-likeness (QED) is 0.444. The Bertz CT molecular complexity index is 1300. The van der Waals surface area contributed by atoms with Gasteiger partial charge in [0.05, 0.1) is 23.2 Å². The Morgan fingerprint density at radius 3 is 3.00 bits per heavy atom. The number of carbonyl (C=O) groups excluding carboxylic acids is 1. The number of amides is 1.